The van der Waals surface area contributed by atoms with Crippen molar-refractivity contribution in [3.8, 4) is 0 Å². The highest BCUT2D eigenvalue weighted by atomic mass is 32.1. The Labute approximate surface area is 121 Å². The van der Waals surface area contributed by atoms with E-state index in [1.54, 1.807) is 6.07 Å². The highest BCUT2D eigenvalue weighted by Crippen LogP contribution is 2.33. The van der Waals surface area contributed by atoms with E-state index < -0.39 is 0 Å². The van der Waals surface area contributed by atoms with Gasteiger partial charge in [0.2, 0.25) is 0 Å². The van der Waals surface area contributed by atoms with Gasteiger partial charge in [0.15, 0.2) is 0 Å². The summed E-state index contributed by atoms with van der Waals surface area (Å²) in [7, 11) is 1.96. The Morgan fingerprint density at radius 3 is 2.90 bits per heavy atom. The Balaban J connectivity index is 2.54. The molecule has 1 aromatic carbocycles. The molecule has 0 unspecified atom stereocenters. The molecule has 108 valence electrons. The molecule has 0 spiro atoms. The number of fused-ring (bicyclic) bond motifs is 1. The number of amides is 1. The van der Waals surface area contributed by atoms with Crippen molar-refractivity contribution in [3.05, 3.63) is 34.5 Å². The molecule has 1 amide bonds. The summed E-state index contributed by atoms with van der Waals surface area (Å²) in [6.45, 7) is 3.49. The van der Waals surface area contributed by atoms with Crippen molar-refractivity contribution in [3.63, 3.8) is 0 Å². The highest BCUT2D eigenvalue weighted by molar-refractivity contribution is 7.21. The van der Waals surface area contributed by atoms with Crippen LogP contribution in [0.4, 0.5) is 4.39 Å². The van der Waals surface area contributed by atoms with Crippen LogP contribution in [0.15, 0.2) is 18.2 Å². The van der Waals surface area contributed by atoms with Gasteiger partial charge in [-0.05, 0) is 32.1 Å². The van der Waals surface area contributed by atoms with Crippen molar-refractivity contribution < 1.29 is 9.18 Å². The number of hydrogen-bond donors (Lipinski definition) is 2. The number of carbonyl (C=O) groups excluding carboxylic acids is 1. The van der Waals surface area contributed by atoms with E-state index in [1.807, 2.05) is 13.1 Å². The molecule has 0 aliphatic rings. The fraction of sp³-hybridized carbons (Fsp3) is 0.357. The number of hydrazine groups is 1. The summed E-state index contributed by atoms with van der Waals surface area (Å²) in [6.07, 6.45) is 0.999. The topological polar surface area (TPSA) is 58.4 Å². The number of thiophene rings is 1. The molecular formula is C14H18FN3OS. The summed E-state index contributed by atoms with van der Waals surface area (Å²) in [5.41, 5.74) is 2.85. The third-order valence-corrected chi connectivity index (χ3v) is 4.33. The summed E-state index contributed by atoms with van der Waals surface area (Å²) in [6, 6.07) is 4.89. The average molecular weight is 295 g/mol. The van der Waals surface area contributed by atoms with Crippen LogP contribution in [0.3, 0.4) is 0 Å². The molecule has 1 aromatic heterocycles. The zero-order chi connectivity index (χ0) is 14.7. The molecule has 0 saturated heterocycles. The maximum atomic E-state index is 14.1. The van der Waals surface area contributed by atoms with Gasteiger partial charge in [0.05, 0.1) is 4.88 Å². The Hall–Kier alpha value is -1.50. The molecule has 20 heavy (non-hydrogen) atoms. The van der Waals surface area contributed by atoms with Crippen LogP contribution >= 0.6 is 11.3 Å². The van der Waals surface area contributed by atoms with E-state index in [-0.39, 0.29) is 11.7 Å². The number of halogens is 1. The first-order valence-corrected chi connectivity index (χ1v) is 7.29. The number of nitrogen functional groups attached to an aromatic ring is 1. The van der Waals surface area contributed by atoms with Crippen molar-refractivity contribution in [1.82, 2.24) is 10.3 Å². The number of carbonyl (C=O) groups is 1. The summed E-state index contributed by atoms with van der Waals surface area (Å²) < 4.78 is 14.9. The predicted octanol–water partition coefficient (Wildman–Crippen LogP) is 2.49. The normalized spacial score (nSPS) is 11.2. The Kier molecular flexibility index (Phi) is 4.69. The van der Waals surface area contributed by atoms with Gasteiger partial charge in [-0.25, -0.2) is 10.2 Å². The molecule has 3 N–H and O–H groups in total. The van der Waals surface area contributed by atoms with E-state index in [1.165, 1.54) is 17.4 Å². The fourth-order valence-electron chi connectivity index (χ4n) is 2.30. The van der Waals surface area contributed by atoms with E-state index >= 15 is 0 Å². The zero-order valence-corrected chi connectivity index (χ0v) is 12.4. The first-order chi connectivity index (χ1) is 9.58. The maximum Gasteiger partial charge on any atom is 0.275 e. The van der Waals surface area contributed by atoms with Gasteiger partial charge in [-0.15, -0.1) is 11.3 Å². The molecule has 0 aliphatic heterocycles. The van der Waals surface area contributed by atoms with Crippen LogP contribution in [-0.2, 0) is 6.54 Å². The van der Waals surface area contributed by atoms with Crippen LogP contribution in [0.1, 0.15) is 28.6 Å². The molecule has 0 atom stereocenters. The van der Waals surface area contributed by atoms with Gasteiger partial charge in [-0.1, -0.05) is 13.0 Å². The lowest BCUT2D eigenvalue weighted by molar-refractivity contribution is 0.0956. The van der Waals surface area contributed by atoms with Gasteiger partial charge >= 0.3 is 0 Å². The minimum atomic E-state index is -0.370. The number of rotatable bonds is 5. The molecule has 1 heterocycles. The second-order valence-corrected chi connectivity index (χ2v) is 5.79. The molecule has 0 radical (unpaired) electrons. The first-order valence-electron chi connectivity index (χ1n) is 6.47. The van der Waals surface area contributed by atoms with Gasteiger partial charge < -0.3 is 4.90 Å². The summed E-state index contributed by atoms with van der Waals surface area (Å²) in [4.78, 5) is 14.4. The zero-order valence-electron chi connectivity index (χ0n) is 11.6. The van der Waals surface area contributed by atoms with Crippen molar-refractivity contribution in [2.45, 2.75) is 19.9 Å². The molecule has 0 fully saturated rings. The lowest BCUT2D eigenvalue weighted by Crippen LogP contribution is -2.30. The van der Waals surface area contributed by atoms with Gasteiger partial charge in [-0.2, -0.15) is 0 Å². The van der Waals surface area contributed by atoms with Crippen LogP contribution in [0.5, 0.6) is 0 Å². The van der Waals surface area contributed by atoms with E-state index in [4.69, 9.17) is 5.84 Å². The summed E-state index contributed by atoms with van der Waals surface area (Å²) in [5, 5.41) is 0.527. The highest BCUT2D eigenvalue weighted by Gasteiger charge is 2.20. The average Bonchev–Trinajstić information content (AvgIpc) is 2.78. The lowest BCUT2D eigenvalue weighted by Gasteiger charge is -2.16. The molecule has 0 bridgehead atoms. The van der Waals surface area contributed by atoms with Crippen LogP contribution in [0.25, 0.3) is 10.1 Å². The number of nitrogens with zero attached hydrogens (tertiary/aromatic N) is 1. The van der Waals surface area contributed by atoms with E-state index in [2.05, 4.69) is 17.2 Å². The van der Waals surface area contributed by atoms with Crippen LogP contribution in [0.2, 0.25) is 0 Å². The largest absolute Gasteiger partial charge is 0.302 e. The fourth-order valence-corrected chi connectivity index (χ4v) is 3.43. The second-order valence-electron chi connectivity index (χ2n) is 4.73. The monoisotopic (exact) mass is 295 g/mol. The second kappa shape index (κ2) is 6.30. The molecule has 6 heteroatoms. The quantitative estimate of drug-likeness (QED) is 0.506. The SMILES string of the molecule is CCCN(C)Cc1c(C(=O)NN)sc2cccc(F)c12. The Morgan fingerprint density at radius 1 is 1.50 bits per heavy atom. The number of nitrogens with one attached hydrogen (secondary N) is 1. The van der Waals surface area contributed by atoms with Crippen LogP contribution < -0.4 is 11.3 Å². The minimum absolute atomic E-state index is 0.297. The Bertz CT molecular complexity index is 626. The van der Waals surface area contributed by atoms with Gasteiger partial charge in [-0.3, -0.25) is 10.2 Å². The van der Waals surface area contributed by atoms with Crippen LogP contribution in [0, 0.1) is 5.82 Å². The maximum absolute atomic E-state index is 14.1. The van der Waals surface area contributed by atoms with Gasteiger partial charge in [0.25, 0.3) is 5.91 Å². The molecule has 0 saturated carbocycles. The van der Waals surface area contributed by atoms with E-state index in [0.717, 1.165) is 17.7 Å². The number of nitrogens with two attached hydrogens (primary N) is 1. The standard InChI is InChI=1S/C14H18FN3OS/c1-3-7-18(2)8-9-12-10(15)5-4-6-11(12)20-13(9)14(19)17-16/h4-6H,3,7-8,16H2,1-2H3,(H,17,19). The summed E-state index contributed by atoms with van der Waals surface area (Å²) in [5.74, 6) is 4.56. The predicted molar refractivity (Wildman–Crippen MR) is 80.1 cm³/mol. The number of benzene rings is 1. The third kappa shape index (κ3) is 2.82. The Morgan fingerprint density at radius 2 is 2.25 bits per heavy atom. The summed E-state index contributed by atoms with van der Waals surface area (Å²) >= 11 is 1.27. The smallest absolute Gasteiger partial charge is 0.275 e. The van der Waals surface area contributed by atoms with E-state index in [0.29, 0.717) is 22.4 Å². The van der Waals surface area contributed by atoms with Crippen molar-refractivity contribution in [2.24, 2.45) is 5.84 Å². The molecule has 4 nitrogen and oxygen atoms in total. The molecular weight excluding hydrogens is 277 g/mol. The van der Waals surface area contributed by atoms with Crippen LogP contribution in [-0.4, -0.2) is 24.4 Å². The van der Waals surface area contributed by atoms with E-state index in [9.17, 15) is 9.18 Å². The van der Waals surface area contributed by atoms with Gasteiger partial charge in [0, 0.05) is 22.2 Å². The van der Waals surface area contributed by atoms with Crippen molar-refractivity contribution in [2.75, 3.05) is 13.6 Å². The molecule has 2 rings (SSSR count). The van der Waals surface area contributed by atoms with Crippen molar-refractivity contribution >= 4 is 27.3 Å². The molecule has 0 aliphatic carbocycles. The van der Waals surface area contributed by atoms with Crippen molar-refractivity contribution in [1.29, 1.82) is 0 Å². The van der Waals surface area contributed by atoms with Gasteiger partial charge in [0.1, 0.15) is 5.82 Å². The lowest BCUT2D eigenvalue weighted by atomic mass is 10.1. The molecule has 2 aromatic rings. The minimum Gasteiger partial charge on any atom is -0.302 e. The number of hydrogen-bond acceptors (Lipinski definition) is 4. The first kappa shape index (κ1) is 14.9. The third-order valence-electron chi connectivity index (χ3n) is 3.13.